The summed E-state index contributed by atoms with van der Waals surface area (Å²) < 4.78 is 66.0. The summed E-state index contributed by atoms with van der Waals surface area (Å²) >= 11 is 0. The molecule has 1 aromatic rings. The van der Waals surface area contributed by atoms with Crippen LogP contribution < -0.4 is 15.4 Å². The largest absolute Gasteiger partial charge is 0.417 e. The van der Waals surface area contributed by atoms with Crippen molar-refractivity contribution in [3.8, 4) is 5.88 Å². The quantitative estimate of drug-likeness (QED) is 0.799. The third-order valence-corrected chi connectivity index (χ3v) is 3.69. The molecule has 1 saturated carbocycles. The van der Waals surface area contributed by atoms with Crippen LogP contribution in [0.2, 0.25) is 0 Å². The fourth-order valence-corrected chi connectivity index (χ4v) is 2.54. The number of amides is 2. The number of halogens is 5. The molecular weight excluding hydrogens is 337 g/mol. The highest BCUT2D eigenvalue weighted by molar-refractivity contribution is 5.74. The first-order valence-electron chi connectivity index (χ1n) is 7.25. The smallest absolute Gasteiger partial charge is 0.391 e. The summed E-state index contributed by atoms with van der Waals surface area (Å²) in [6, 6.07) is 1.58. The molecule has 10 heteroatoms. The van der Waals surface area contributed by atoms with E-state index in [1.165, 1.54) is 18.3 Å². The molecule has 1 fully saturated rings. The molecule has 1 heterocycles. The minimum Gasteiger partial charge on any atom is -0.417 e. The van der Waals surface area contributed by atoms with Crippen LogP contribution in [-0.2, 0) is 6.54 Å². The van der Waals surface area contributed by atoms with Crippen molar-refractivity contribution in [2.75, 3.05) is 0 Å². The van der Waals surface area contributed by atoms with Crippen LogP contribution in [0.25, 0.3) is 0 Å². The fourth-order valence-electron chi connectivity index (χ4n) is 2.54. The number of pyridine rings is 1. The number of hydrogen-bond donors (Lipinski definition) is 2. The van der Waals surface area contributed by atoms with Gasteiger partial charge in [-0.3, -0.25) is 0 Å². The minimum absolute atomic E-state index is 0.00334. The zero-order chi connectivity index (χ0) is 17.7. The molecule has 0 aliphatic heterocycles. The molecule has 1 aliphatic carbocycles. The number of rotatable bonds is 5. The minimum atomic E-state index is -4.24. The molecule has 0 aromatic carbocycles. The van der Waals surface area contributed by atoms with Crippen LogP contribution in [0.15, 0.2) is 18.3 Å². The van der Waals surface area contributed by atoms with Crippen LogP contribution in [0.4, 0.5) is 26.7 Å². The predicted octanol–water partition coefficient (Wildman–Crippen LogP) is 3.21. The van der Waals surface area contributed by atoms with Crippen molar-refractivity contribution >= 4 is 6.03 Å². The number of aromatic nitrogens is 1. The van der Waals surface area contributed by atoms with Crippen molar-refractivity contribution in [3.05, 3.63) is 23.9 Å². The topological polar surface area (TPSA) is 63.2 Å². The van der Waals surface area contributed by atoms with Gasteiger partial charge in [-0.1, -0.05) is 0 Å². The van der Waals surface area contributed by atoms with Crippen LogP contribution >= 0.6 is 0 Å². The van der Waals surface area contributed by atoms with Gasteiger partial charge in [0.15, 0.2) is 0 Å². The van der Waals surface area contributed by atoms with Gasteiger partial charge >= 0.3 is 18.8 Å². The molecule has 0 radical (unpaired) electrons. The predicted molar refractivity (Wildman–Crippen MR) is 73.4 cm³/mol. The number of carbonyl (C=O) groups excluding carboxylic acids is 1. The average molecular weight is 353 g/mol. The van der Waals surface area contributed by atoms with Gasteiger partial charge in [0.2, 0.25) is 5.88 Å². The fraction of sp³-hybridized carbons (Fsp3) is 0.571. The van der Waals surface area contributed by atoms with E-state index in [1.54, 1.807) is 0 Å². The highest BCUT2D eigenvalue weighted by Crippen LogP contribution is 2.38. The van der Waals surface area contributed by atoms with E-state index in [0.717, 1.165) is 0 Å². The van der Waals surface area contributed by atoms with E-state index in [4.69, 9.17) is 0 Å². The Morgan fingerprint density at radius 2 is 2.12 bits per heavy atom. The molecule has 1 aromatic heterocycles. The summed E-state index contributed by atoms with van der Waals surface area (Å²) in [7, 11) is 0. The van der Waals surface area contributed by atoms with Crippen molar-refractivity contribution in [2.24, 2.45) is 5.92 Å². The Morgan fingerprint density at radius 3 is 2.75 bits per heavy atom. The molecule has 0 bridgehead atoms. The van der Waals surface area contributed by atoms with Gasteiger partial charge in [0.05, 0.1) is 5.92 Å². The second-order valence-electron chi connectivity index (χ2n) is 5.46. The lowest BCUT2D eigenvalue weighted by Crippen LogP contribution is -2.41. The first-order chi connectivity index (χ1) is 11.2. The van der Waals surface area contributed by atoms with Gasteiger partial charge in [-0.15, -0.1) is 0 Å². The van der Waals surface area contributed by atoms with E-state index >= 15 is 0 Å². The highest BCUT2D eigenvalue weighted by Gasteiger charge is 2.44. The van der Waals surface area contributed by atoms with E-state index in [0.29, 0.717) is 5.56 Å². The van der Waals surface area contributed by atoms with Crippen LogP contribution in [0, 0.1) is 5.92 Å². The molecule has 1 aliphatic rings. The van der Waals surface area contributed by atoms with Gasteiger partial charge in [0.1, 0.15) is 0 Å². The maximum absolute atomic E-state index is 12.6. The van der Waals surface area contributed by atoms with Crippen LogP contribution in [0.1, 0.15) is 24.8 Å². The van der Waals surface area contributed by atoms with Crippen LogP contribution in [-0.4, -0.2) is 29.8 Å². The monoisotopic (exact) mass is 353 g/mol. The van der Waals surface area contributed by atoms with Crippen LogP contribution in [0.5, 0.6) is 5.88 Å². The molecule has 0 spiro atoms. The molecule has 0 saturated heterocycles. The number of nitrogens with zero attached hydrogens (tertiary/aromatic N) is 1. The lowest BCUT2D eigenvalue weighted by molar-refractivity contribution is -0.172. The molecule has 24 heavy (non-hydrogen) atoms. The molecule has 2 N–H and O–H groups in total. The summed E-state index contributed by atoms with van der Waals surface area (Å²) in [5, 5.41) is 4.94. The zero-order valence-electron chi connectivity index (χ0n) is 12.4. The van der Waals surface area contributed by atoms with Gasteiger partial charge in [0, 0.05) is 24.8 Å². The van der Waals surface area contributed by atoms with Gasteiger partial charge in [0.25, 0.3) is 0 Å². The third-order valence-electron chi connectivity index (χ3n) is 3.69. The second kappa shape index (κ2) is 7.63. The molecule has 2 atom stereocenters. The van der Waals surface area contributed by atoms with E-state index in [1.807, 2.05) is 0 Å². The van der Waals surface area contributed by atoms with Gasteiger partial charge in [-0.2, -0.15) is 22.0 Å². The number of carbonyl (C=O) groups is 1. The molecule has 2 rings (SSSR count). The Hall–Kier alpha value is -2.13. The Kier molecular flexibility index (Phi) is 5.79. The average Bonchev–Trinajstić information content (AvgIpc) is 2.93. The van der Waals surface area contributed by atoms with Crippen molar-refractivity contribution in [3.63, 3.8) is 0 Å². The van der Waals surface area contributed by atoms with Gasteiger partial charge < -0.3 is 15.4 Å². The molecule has 0 unspecified atom stereocenters. The van der Waals surface area contributed by atoms with Gasteiger partial charge in [-0.05, 0) is 30.9 Å². The standard InChI is InChI=1S/C14H16F5N3O2/c15-12(16)24-11-5-8(3-4-20-11)7-21-13(23)22-10-2-1-9(6-10)14(17,18)19/h3-5,9-10,12H,1-2,6-7H2,(H2,21,22,23)/t9-,10+/m0/s1. The van der Waals surface area contributed by atoms with Crippen molar-refractivity contribution in [2.45, 2.75) is 44.6 Å². The summed E-state index contributed by atoms with van der Waals surface area (Å²) in [4.78, 5) is 15.3. The molecule has 5 nitrogen and oxygen atoms in total. The second-order valence-corrected chi connectivity index (χ2v) is 5.46. The maximum atomic E-state index is 12.6. The summed E-state index contributed by atoms with van der Waals surface area (Å²) in [6.45, 7) is -3.00. The molecule has 134 valence electrons. The molecule has 2 amide bonds. The maximum Gasteiger partial charge on any atom is 0.391 e. The zero-order valence-corrected chi connectivity index (χ0v) is 12.4. The number of urea groups is 1. The normalized spacial score (nSPS) is 20.9. The highest BCUT2D eigenvalue weighted by atomic mass is 19.4. The van der Waals surface area contributed by atoms with Crippen molar-refractivity contribution < 1.29 is 31.5 Å². The number of alkyl halides is 5. The number of hydrogen-bond acceptors (Lipinski definition) is 3. The summed E-state index contributed by atoms with van der Waals surface area (Å²) in [5.41, 5.74) is 0.468. The first-order valence-corrected chi connectivity index (χ1v) is 7.25. The van der Waals surface area contributed by atoms with E-state index in [-0.39, 0.29) is 31.7 Å². The van der Waals surface area contributed by atoms with Crippen molar-refractivity contribution in [1.82, 2.24) is 15.6 Å². The first kappa shape index (κ1) is 18.2. The number of ether oxygens (including phenoxy) is 1. The van der Waals surface area contributed by atoms with Crippen molar-refractivity contribution in [1.29, 1.82) is 0 Å². The Bertz CT molecular complexity index is 568. The van der Waals surface area contributed by atoms with E-state index in [2.05, 4.69) is 20.4 Å². The van der Waals surface area contributed by atoms with E-state index in [9.17, 15) is 26.7 Å². The Morgan fingerprint density at radius 1 is 1.38 bits per heavy atom. The Balaban J connectivity index is 1.78. The van der Waals surface area contributed by atoms with Gasteiger partial charge in [-0.25, -0.2) is 9.78 Å². The summed E-state index contributed by atoms with van der Waals surface area (Å²) in [5.74, 6) is -1.68. The summed E-state index contributed by atoms with van der Waals surface area (Å²) in [6.07, 6.45) is -2.88. The SMILES string of the molecule is O=C(NCc1ccnc(OC(F)F)c1)N[C@@H]1CC[C@H](C(F)(F)F)C1. The number of nitrogens with one attached hydrogen (secondary N) is 2. The Labute approximate surface area is 134 Å². The lowest BCUT2D eigenvalue weighted by atomic mass is 10.1. The van der Waals surface area contributed by atoms with E-state index < -0.39 is 30.8 Å². The molecular formula is C14H16F5N3O2. The third kappa shape index (κ3) is 5.50. The van der Waals surface area contributed by atoms with Crippen LogP contribution in [0.3, 0.4) is 0 Å². The lowest BCUT2D eigenvalue weighted by Gasteiger charge is -2.16.